The maximum Gasteiger partial charge on any atom is 0.472 e. The number of esters is 2. The van der Waals surface area contributed by atoms with E-state index < -0.39 is 32.5 Å². The molecule has 11 heteroatoms. The van der Waals surface area contributed by atoms with Crippen molar-refractivity contribution in [2.75, 3.05) is 47.5 Å². The Bertz CT molecular complexity index is 1380. The Kier molecular flexibility index (Phi) is 36.5. The highest BCUT2D eigenvalue weighted by molar-refractivity contribution is 7.47. The molecule has 2 atom stereocenters. The number of ether oxygens (including phenoxy) is 2. The van der Waals surface area contributed by atoms with E-state index in [9.17, 15) is 23.8 Å². The van der Waals surface area contributed by atoms with Crippen molar-refractivity contribution in [2.24, 2.45) is 0 Å². The molecule has 10 nitrogen and oxygen atoms in total. The molecular weight excluding hydrogens is 765 g/mol. The van der Waals surface area contributed by atoms with Crippen LogP contribution in [-0.4, -0.2) is 80.7 Å². The Morgan fingerprint density at radius 1 is 0.593 bits per heavy atom. The summed E-state index contributed by atoms with van der Waals surface area (Å²) in [6, 6.07) is 0. The van der Waals surface area contributed by atoms with Gasteiger partial charge in [-0.05, 0) is 76.7 Å². The molecule has 1 N–H and O–H groups in total. The van der Waals surface area contributed by atoms with Gasteiger partial charge >= 0.3 is 19.8 Å². The number of ketones is 1. The van der Waals surface area contributed by atoms with Crippen molar-refractivity contribution >= 4 is 25.5 Å². The molecule has 0 saturated carbocycles. The number of unbranched alkanes of at least 4 members (excludes halogenated alkanes) is 7. The lowest BCUT2D eigenvalue weighted by Gasteiger charge is -2.24. The first-order valence-electron chi connectivity index (χ1n) is 21.9. The minimum absolute atomic E-state index is 0.00114. The largest absolute Gasteiger partial charge is 0.472 e. The van der Waals surface area contributed by atoms with Crippen molar-refractivity contribution in [1.82, 2.24) is 0 Å². The zero-order chi connectivity index (χ0) is 43.7. The smallest absolute Gasteiger partial charge is 0.462 e. The van der Waals surface area contributed by atoms with Crippen LogP contribution in [0.1, 0.15) is 136 Å². The number of hydrogen-bond acceptors (Lipinski definition) is 8. The average Bonchev–Trinajstić information content (AvgIpc) is 3.18. The third-order valence-electron chi connectivity index (χ3n) is 8.59. The van der Waals surface area contributed by atoms with Crippen molar-refractivity contribution in [2.45, 2.75) is 142 Å². The molecule has 59 heavy (non-hydrogen) atoms. The molecule has 334 valence electrons. The number of likely N-dealkylation sites (N-methyl/N-ethyl adjacent to an activating group) is 1. The van der Waals surface area contributed by atoms with Gasteiger partial charge in [-0.25, -0.2) is 4.57 Å². The van der Waals surface area contributed by atoms with Gasteiger partial charge in [0.2, 0.25) is 0 Å². The number of carbonyl (C=O) groups excluding carboxylic acids is 3. The van der Waals surface area contributed by atoms with Gasteiger partial charge in [-0.2, -0.15) is 0 Å². The Morgan fingerprint density at radius 2 is 1.15 bits per heavy atom. The molecule has 0 aromatic carbocycles. The number of phosphoric ester groups is 1. The van der Waals surface area contributed by atoms with Gasteiger partial charge in [-0.1, -0.05) is 137 Å². The van der Waals surface area contributed by atoms with Crippen molar-refractivity contribution in [3.8, 4) is 0 Å². The van der Waals surface area contributed by atoms with Gasteiger partial charge in [0.15, 0.2) is 11.9 Å². The van der Waals surface area contributed by atoms with E-state index >= 15 is 0 Å². The van der Waals surface area contributed by atoms with Crippen LogP contribution in [0.5, 0.6) is 0 Å². The first-order valence-corrected chi connectivity index (χ1v) is 23.4. The van der Waals surface area contributed by atoms with Gasteiger partial charge < -0.3 is 18.9 Å². The second-order valence-electron chi connectivity index (χ2n) is 15.4. The van der Waals surface area contributed by atoms with Crippen molar-refractivity contribution in [3.05, 3.63) is 97.2 Å². The lowest BCUT2D eigenvalue weighted by atomic mass is 10.1. The molecule has 1 unspecified atom stereocenters. The van der Waals surface area contributed by atoms with Crippen LogP contribution in [0.3, 0.4) is 0 Å². The second kappa shape index (κ2) is 38.8. The maximum atomic E-state index is 12.7. The first-order chi connectivity index (χ1) is 28.4. The first kappa shape index (κ1) is 55.6. The predicted molar refractivity (Wildman–Crippen MR) is 243 cm³/mol. The Hall–Kier alpha value is -3.40. The lowest BCUT2D eigenvalue weighted by molar-refractivity contribution is -0.870. The molecule has 0 aliphatic rings. The average molecular weight is 845 g/mol. The molecule has 0 heterocycles. The van der Waals surface area contributed by atoms with E-state index in [1.807, 2.05) is 45.4 Å². The van der Waals surface area contributed by atoms with Crippen LogP contribution >= 0.6 is 7.82 Å². The fraction of sp³-hybridized carbons (Fsp3) is 0.604. The summed E-state index contributed by atoms with van der Waals surface area (Å²) in [6.07, 6.45) is 47.4. The molecule has 0 amide bonds. The van der Waals surface area contributed by atoms with Crippen molar-refractivity contribution in [3.63, 3.8) is 0 Å². The summed E-state index contributed by atoms with van der Waals surface area (Å²) >= 11 is 0. The Morgan fingerprint density at radius 3 is 1.75 bits per heavy atom. The number of phosphoric acid groups is 1. The summed E-state index contributed by atoms with van der Waals surface area (Å²) in [7, 11) is 1.36. The molecule has 0 saturated heterocycles. The summed E-state index contributed by atoms with van der Waals surface area (Å²) < 4.78 is 34.1. The Balaban J connectivity index is 4.57. The number of allylic oxidation sites excluding steroid dienone is 16. The lowest BCUT2D eigenvalue weighted by Crippen LogP contribution is -2.37. The maximum absolute atomic E-state index is 12.7. The van der Waals surface area contributed by atoms with E-state index in [1.54, 1.807) is 6.08 Å². The van der Waals surface area contributed by atoms with E-state index in [-0.39, 0.29) is 31.8 Å². The van der Waals surface area contributed by atoms with Crippen molar-refractivity contribution < 1.29 is 46.8 Å². The SMILES string of the molecule is CC/C=C\C/C=C\C/C=C\C/C=C\C/C=C\C/C=C\CCC(=O)OC[C@H](COP(=O)(O)OCC[N+](C)(C)C)OC(=O)CCCCCCC/C=C\C=C\C(=O)CCCCC. The molecular formula is C48H79NO9P+. The van der Waals surface area contributed by atoms with Gasteiger partial charge in [0, 0.05) is 19.3 Å². The topological polar surface area (TPSA) is 125 Å². The number of quaternary nitrogens is 1. The van der Waals surface area contributed by atoms with E-state index in [1.165, 1.54) is 0 Å². The third kappa shape index (κ3) is 42.5. The molecule has 0 spiro atoms. The van der Waals surface area contributed by atoms with Gasteiger partial charge in [0.25, 0.3) is 0 Å². The van der Waals surface area contributed by atoms with Crippen LogP contribution in [-0.2, 0) is 37.5 Å². The summed E-state index contributed by atoms with van der Waals surface area (Å²) in [4.78, 5) is 47.1. The molecule has 0 radical (unpaired) electrons. The number of carbonyl (C=O) groups is 3. The number of hydrogen-bond donors (Lipinski definition) is 1. The molecule has 0 aliphatic heterocycles. The summed E-state index contributed by atoms with van der Waals surface area (Å²) in [5.74, 6) is -0.799. The number of nitrogens with zero attached hydrogens (tertiary/aromatic N) is 1. The highest BCUT2D eigenvalue weighted by atomic mass is 31.2. The summed E-state index contributed by atoms with van der Waals surface area (Å²) in [5, 5.41) is 0. The molecule has 0 aliphatic carbocycles. The third-order valence-corrected chi connectivity index (χ3v) is 9.57. The summed E-state index contributed by atoms with van der Waals surface area (Å²) in [6.45, 7) is 3.98. The minimum atomic E-state index is -4.42. The van der Waals surface area contributed by atoms with Crippen LogP contribution in [0.15, 0.2) is 97.2 Å². The van der Waals surface area contributed by atoms with E-state index in [0.29, 0.717) is 30.3 Å². The molecule has 0 aromatic rings. The van der Waals surface area contributed by atoms with Crippen molar-refractivity contribution in [1.29, 1.82) is 0 Å². The zero-order valence-electron chi connectivity index (χ0n) is 37.2. The second-order valence-corrected chi connectivity index (χ2v) is 16.8. The van der Waals surface area contributed by atoms with E-state index in [0.717, 1.165) is 89.9 Å². The van der Waals surface area contributed by atoms with Crippen LogP contribution in [0.4, 0.5) is 0 Å². The van der Waals surface area contributed by atoms with Gasteiger partial charge in [0.05, 0.1) is 27.7 Å². The minimum Gasteiger partial charge on any atom is -0.462 e. The molecule has 0 bridgehead atoms. The molecule has 0 rings (SSSR count). The van der Waals surface area contributed by atoms with E-state index in [2.05, 4.69) is 80.7 Å². The normalized spacial score (nSPS) is 14.4. The van der Waals surface area contributed by atoms with E-state index in [4.69, 9.17) is 18.5 Å². The highest BCUT2D eigenvalue weighted by Crippen LogP contribution is 2.43. The highest BCUT2D eigenvalue weighted by Gasteiger charge is 2.27. The van der Waals surface area contributed by atoms with Crippen LogP contribution < -0.4 is 0 Å². The van der Waals surface area contributed by atoms with Gasteiger partial charge in [-0.15, -0.1) is 0 Å². The van der Waals surface area contributed by atoms with Crippen LogP contribution in [0.25, 0.3) is 0 Å². The van der Waals surface area contributed by atoms with Crippen LogP contribution in [0, 0.1) is 0 Å². The molecule has 0 aromatic heterocycles. The monoisotopic (exact) mass is 845 g/mol. The Labute approximate surface area is 358 Å². The van der Waals surface area contributed by atoms with Crippen LogP contribution in [0.2, 0.25) is 0 Å². The quantitative estimate of drug-likeness (QED) is 0.0123. The summed E-state index contributed by atoms with van der Waals surface area (Å²) in [5.41, 5.74) is 0. The van der Waals surface area contributed by atoms with Gasteiger partial charge in [0.1, 0.15) is 19.8 Å². The fourth-order valence-corrected chi connectivity index (χ4v) is 5.88. The predicted octanol–water partition coefficient (Wildman–Crippen LogP) is 11.8. The van der Waals surface area contributed by atoms with Gasteiger partial charge in [-0.3, -0.25) is 23.4 Å². The zero-order valence-corrected chi connectivity index (χ0v) is 38.1. The molecule has 0 fully saturated rings. The fourth-order valence-electron chi connectivity index (χ4n) is 5.14. The number of rotatable bonds is 38. The standard InChI is InChI=1S/C48H78NO9P/c1-6-8-10-11-12-13-14-15-16-17-18-19-20-21-22-25-28-31-35-39-47(51)55-43-46(44-57-59(53,54)56-42-41-49(3,4)5)58-48(52)40-36-32-29-26-23-24-27-30-34-38-45(50)37-33-9-7-2/h8,10,12-13,15-16,18-19,21-22,27-28,30-31,34,38,46H,6-7,9,11,14,17,20,23-26,29,32-33,35-37,39-44H2,1-5H3/p+1/b10-8-,13-12-,16-15-,19-18-,22-21-,30-27-,31-28-,38-34+/t46-/m1/s1.